The number of carbonyl (C=O) groups is 1. The molecule has 0 unspecified atom stereocenters. The average molecular weight is 395 g/mol. The number of halogens is 1. The van der Waals surface area contributed by atoms with E-state index in [1.165, 1.54) is 6.07 Å². The van der Waals surface area contributed by atoms with E-state index in [1.54, 1.807) is 32.9 Å². The summed E-state index contributed by atoms with van der Waals surface area (Å²) in [6.07, 6.45) is 0.0645. The van der Waals surface area contributed by atoms with Crippen LogP contribution in [0.2, 0.25) is 0 Å². The van der Waals surface area contributed by atoms with E-state index in [4.69, 9.17) is 18.8 Å². The number of ether oxygens (including phenoxy) is 2. The predicted molar refractivity (Wildman–Crippen MR) is 106 cm³/mol. The van der Waals surface area contributed by atoms with Crippen molar-refractivity contribution in [2.75, 3.05) is 13.2 Å². The molecule has 0 aromatic heterocycles. The zero-order valence-corrected chi connectivity index (χ0v) is 17.8. The maximum atomic E-state index is 14.5. The minimum Gasteiger partial charge on any atom is -0.494 e. The van der Waals surface area contributed by atoms with Gasteiger partial charge in [0, 0.05) is 6.54 Å². The van der Waals surface area contributed by atoms with Gasteiger partial charge in [-0.2, -0.15) is 0 Å². The number of nitrogens with one attached hydrogen (secondary N) is 1. The largest absolute Gasteiger partial charge is 0.501 e. The first-order chi connectivity index (χ1) is 12.8. The van der Waals surface area contributed by atoms with Crippen molar-refractivity contribution >= 4 is 18.7 Å². The van der Waals surface area contributed by atoms with Gasteiger partial charge in [-0.15, -0.1) is 0 Å². The Hall–Kier alpha value is -1.80. The summed E-state index contributed by atoms with van der Waals surface area (Å²) < 4.78 is 37.4. The quantitative estimate of drug-likeness (QED) is 0.591. The van der Waals surface area contributed by atoms with Crippen molar-refractivity contribution in [3.63, 3.8) is 0 Å². The van der Waals surface area contributed by atoms with Crippen LogP contribution in [-0.4, -0.2) is 43.2 Å². The number of rotatable bonds is 6. The normalized spacial score (nSPS) is 18.1. The highest BCUT2D eigenvalue weighted by Gasteiger charge is 2.53. The zero-order valence-electron chi connectivity index (χ0n) is 17.8. The van der Waals surface area contributed by atoms with Crippen molar-refractivity contribution in [3.05, 3.63) is 24.0 Å². The Morgan fingerprint density at radius 2 is 1.79 bits per heavy atom. The lowest BCUT2D eigenvalue weighted by Gasteiger charge is -2.32. The molecular weight excluding hydrogens is 364 g/mol. The number of carbonyl (C=O) groups excluding carboxylic acids is 1. The second-order valence-electron chi connectivity index (χ2n) is 8.87. The van der Waals surface area contributed by atoms with E-state index < -0.39 is 35.8 Å². The van der Waals surface area contributed by atoms with Crippen molar-refractivity contribution < 1.29 is 28.0 Å². The Kier molecular flexibility index (Phi) is 6.66. The summed E-state index contributed by atoms with van der Waals surface area (Å²) in [7, 11) is -0.846. The molecule has 1 aromatic rings. The van der Waals surface area contributed by atoms with E-state index in [0.29, 0.717) is 25.3 Å². The Bertz CT molecular complexity index is 686. The highest BCUT2D eigenvalue weighted by Crippen LogP contribution is 2.37. The molecule has 1 fully saturated rings. The number of benzene rings is 1. The molecule has 1 saturated heterocycles. The van der Waals surface area contributed by atoms with E-state index in [0.717, 1.165) is 0 Å². The van der Waals surface area contributed by atoms with Crippen LogP contribution >= 0.6 is 0 Å². The summed E-state index contributed by atoms with van der Waals surface area (Å²) in [5.74, 6) is -0.0707. The van der Waals surface area contributed by atoms with Gasteiger partial charge in [0.1, 0.15) is 17.2 Å². The Labute approximate surface area is 167 Å². The van der Waals surface area contributed by atoms with Gasteiger partial charge in [0.2, 0.25) is 0 Å². The first-order valence-electron chi connectivity index (χ1n) is 9.56. The van der Waals surface area contributed by atoms with Crippen molar-refractivity contribution in [2.24, 2.45) is 0 Å². The maximum Gasteiger partial charge on any atom is 0.501 e. The Morgan fingerprint density at radius 1 is 1.18 bits per heavy atom. The molecule has 2 rings (SSSR count). The van der Waals surface area contributed by atoms with Crippen molar-refractivity contribution in [1.82, 2.24) is 5.32 Å². The van der Waals surface area contributed by atoms with E-state index >= 15 is 0 Å². The third-order valence-corrected chi connectivity index (χ3v) is 4.75. The number of hydrogen-bond donors (Lipinski definition) is 1. The van der Waals surface area contributed by atoms with Crippen LogP contribution in [0.5, 0.6) is 5.75 Å². The van der Waals surface area contributed by atoms with E-state index in [1.807, 2.05) is 27.7 Å². The Balaban J connectivity index is 1.94. The lowest BCUT2D eigenvalue weighted by Crippen LogP contribution is -2.41. The number of hydrogen-bond acceptors (Lipinski definition) is 5. The molecule has 28 heavy (non-hydrogen) atoms. The van der Waals surface area contributed by atoms with Gasteiger partial charge in [-0.25, -0.2) is 9.18 Å². The molecule has 0 atom stereocenters. The van der Waals surface area contributed by atoms with E-state index in [-0.39, 0.29) is 5.46 Å². The van der Waals surface area contributed by atoms with Gasteiger partial charge in [0.05, 0.1) is 23.3 Å². The molecule has 1 heterocycles. The second-order valence-corrected chi connectivity index (χ2v) is 8.87. The minimum atomic E-state index is -0.846. The minimum absolute atomic E-state index is 0.251. The first-order valence-corrected chi connectivity index (χ1v) is 9.56. The molecular formula is C20H31BFNO5. The van der Waals surface area contributed by atoms with Gasteiger partial charge in [-0.05, 0) is 67.0 Å². The van der Waals surface area contributed by atoms with Crippen LogP contribution in [0.25, 0.3) is 0 Å². The Morgan fingerprint density at radius 3 is 2.36 bits per heavy atom. The predicted octanol–water partition coefficient (Wildman–Crippen LogP) is 3.42. The maximum absolute atomic E-state index is 14.5. The molecule has 1 N–H and O–H groups in total. The van der Waals surface area contributed by atoms with Crippen LogP contribution in [0.4, 0.5) is 9.18 Å². The summed E-state index contributed by atoms with van der Waals surface area (Å²) >= 11 is 0. The van der Waals surface area contributed by atoms with Gasteiger partial charge in [0.15, 0.2) is 0 Å². The molecule has 0 spiro atoms. The summed E-state index contributed by atoms with van der Waals surface area (Å²) in [4.78, 5) is 11.6. The van der Waals surface area contributed by atoms with Crippen LogP contribution in [0.1, 0.15) is 54.9 Å². The lowest BCUT2D eigenvalue weighted by atomic mass is 9.78. The molecule has 156 valence electrons. The molecule has 8 heteroatoms. The van der Waals surface area contributed by atoms with Crippen LogP contribution in [0.15, 0.2) is 18.2 Å². The summed E-state index contributed by atoms with van der Waals surface area (Å²) in [6.45, 7) is 13.7. The number of alkyl carbamates (subject to hydrolysis) is 1. The van der Waals surface area contributed by atoms with Crippen molar-refractivity contribution in [3.8, 4) is 5.75 Å². The smallest absolute Gasteiger partial charge is 0.494 e. The molecule has 1 aliphatic rings. The third-order valence-electron chi connectivity index (χ3n) is 4.75. The molecule has 0 bridgehead atoms. The summed E-state index contributed by atoms with van der Waals surface area (Å²) in [6, 6.07) is 4.63. The molecule has 1 amide bonds. The summed E-state index contributed by atoms with van der Waals surface area (Å²) in [5.41, 5.74) is -1.44. The van der Waals surface area contributed by atoms with Crippen molar-refractivity contribution in [1.29, 1.82) is 0 Å². The van der Waals surface area contributed by atoms with E-state index in [9.17, 15) is 9.18 Å². The monoisotopic (exact) mass is 395 g/mol. The number of amides is 1. The van der Waals surface area contributed by atoms with Gasteiger partial charge in [0.25, 0.3) is 0 Å². The average Bonchev–Trinajstić information content (AvgIpc) is 2.72. The first kappa shape index (κ1) is 22.5. The van der Waals surface area contributed by atoms with Crippen LogP contribution < -0.4 is 15.5 Å². The van der Waals surface area contributed by atoms with Crippen LogP contribution in [0, 0.1) is 5.82 Å². The highest BCUT2D eigenvalue weighted by atomic mass is 19.1. The third kappa shape index (κ3) is 5.61. The molecule has 0 radical (unpaired) electrons. The SMILES string of the molecule is CC(C)(C)OC(=O)NCCCOc1cccc(F)c1B1OC(C)(C)C(C)(C)O1. The molecule has 1 aliphatic heterocycles. The van der Waals surface area contributed by atoms with E-state index in [2.05, 4.69) is 5.32 Å². The van der Waals surface area contributed by atoms with Gasteiger partial charge < -0.3 is 24.1 Å². The van der Waals surface area contributed by atoms with Gasteiger partial charge >= 0.3 is 13.2 Å². The standard InChI is InChI=1S/C20H31BFNO5/c1-18(2,3)26-17(24)23-12-9-13-25-15-11-8-10-14(22)16(15)21-27-19(4,5)20(6,7)28-21/h8,10-11H,9,12-13H2,1-7H3,(H,23,24). The fourth-order valence-corrected chi connectivity index (χ4v) is 2.59. The topological polar surface area (TPSA) is 66.0 Å². The second kappa shape index (κ2) is 8.29. The summed E-state index contributed by atoms with van der Waals surface area (Å²) in [5, 5.41) is 2.66. The van der Waals surface area contributed by atoms with Crippen LogP contribution in [-0.2, 0) is 14.0 Å². The van der Waals surface area contributed by atoms with Gasteiger partial charge in [-0.1, -0.05) is 6.07 Å². The fraction of sp³-hybridized carbons (Fsp3) is 0.650. The lowest BCUT2D eigenvalue weighted by molar-refractivity contribution is 0.00578. The fourth-order valence-electron chi connectivity index (χ4n) is 2.59. The van der Waals surface area contributed by atoms with Gasteiger partial charge in [-0.3, -0.25) is 0 Å². The molecule has 0 aliphatic carbocycles. The molecule has 0 saturated carbocycles. The molecule has 1 aromatic carbocycles. The zero-order chi connectivity index (χ0) is 21.2. The highest BCUT2D eigenvalue weighted by molar-refractivity contribution is 6.63. The van der Waals surface area contributed by atoms with Crippen molar-refractivity contribution in [2.45, 2.75) is 71.7 Å². The molecule has 6 nitrogen and oxygen atoms in total. The van der Waals surface area contributed by atoms with Crippen LogP contribution in [0.3, 0.4) is 0 Å².